The zero-order chi connectivity index (χ0) is 23.5. The maximum Gasteiger partial charge on any atom is 0.292 e. The van der Waals surface area contributed by atoms with Gasteiger partial charge in [0.2, 0.25) is 5.76 Å². The van der Waals surface area contributed by atoms with Crippen LogP contribution in [0, 0.1) is 0 Å². The van der Waals surface area contributed by atoms with Crippen LogP contribution < -0.4 is 4.74 Å². The molecule has 0 saturated carbocycles. The van der Waals surface area contributed by atoms with Crippen molar-refractivity contribution >= 4 is 5.91 Å². The monoisotopic (exact) mass is 461 g/mol. The zero-order valence-corrected chi connectivity index (χ0v) is 19.3. The van der Waals surface area contributed by atoms with Gasteiger partial charge < -0.3 is 18.6 Å². The molecule has 0 unspecified atom stereocenters. The third-order valence-electron chi connectivity index (χ3n) is 6.12. The van der Waals surface area contributed by atoms with Gasteiger partial charge in [-0.25, -0.2) is 4.98 Å². The number of nitrogens with zero attached hydrogens (tertiary/aromatic N) is 5. The Morgan fingerprint density at radius 2 is 2.18 bits per heavy atom. The highest BCUT2D eigenvalue weighted by Crippen LogP contribution is 2.29. The predicted octanol–water partition coefficient (Wildman–Crippen LogP) is 4.17. The Morgan fingerprint density at radius 3 is 3.00 bits per heavy atom. The summed E-state index contributed by atoms with van der Waals surface area (Å²) in [6.45, 7) is 3.97. The molecule has 0 aliphatic carbocycles. The first kappa shape index (κ1) is 21.9. The summed E-state index contributed by atoms with van der Waals surface area (Å²) in [5.41, 5.74) is 2.52. The molecule has 1 aliphatic rings. The fourth-order valence-electron chi connectivity index (χ4n) is 4.28. The molecule has 1 amide bonds. The van der Waals surface area contributed by atoms with Crippen LogP contribution in [0.25, 0.3) is 11.3 Å². The van der Waals surface area contributed by atoms with Gasteiger partial charge in [0.05, 0.1) is 25.4 Å². The van der Waals surface area contributed by atoms with Crippen molar-refractivity contribution in [3.63, 3.8) is 0 Å². The van der Waals surface area contributed by atoms with Gasteiger partial charge in [0.25, 0.3) is 5.91 Å². The molecule has 176 valence electrons. The number of oxazole rings is 1. The van der Waals surface area contributed by atoms with Crippen molar-refractivity contribution in [2.24, 2.45) is 0 Å². The second kappa shape index (κ2) is 9.54. The first-order valence-electron chi connectivity index (χ1n) is 11.5. The molecule has 9 heteroatoms. The number of aromatic nitrogens is 4. The van der Waals surface area contributed by atoms with Crippen molar-refractivity contribution in [2.45, 2.75) is 38.6 Å². The predicted molar refractivity (Wildman–Crippen MR) is 124 cm³/mol. The molecule has 0 N–H and O–H groups in total. The van der Waals surface area contributed by atoms with Crippen LogP contribution in [0.5, 0.6) is 5.75 Å². The van der Waals surface area contributed by atoms with E-state index in [-0.39, 0.29) is 17.6 Å². The second-order valence-electron chi connectivity index (χ2n) is 8.44. The minimum atomic E-state index is -0.172. The van der Waals surface area contributed by atoms with Crippen LogP contribution in [-0.4, -0.2) is 50.9 Å². The summed E-state index contributed by atoms with van der Waals surface area (Å²) in [4.78, 5) is 19.4. The summed E-state index contributed by atoms with van der Waals surface area (Å²) >= 11 is 0. The van der Waals surface area contributed by atoms with Gasteiger partial charge >= 0.3 is 0 Å². The highest BCUT2D eigenvalue weighted by atomic mass is 16.5. The molecule has 1 aliphatic heterocycles. The number of ether oxygens (including phenoxy) is 1. The number of amides is 1. The number of aryl methyl sites for hydroxylation is 1. The summed E-state index contributed by atoms with van der Waals surface area (Å²) in [6, 6.07) is 9.58. The van der Waals surface area contributed by atoms with Crippen molar-refractivity contribution in [3.8, 4) is 17.0 Å². The van der Waals surface area contributed by atoms with Crippen molar-refractivity contribution in [3.05, 3.63) is 71.9 Å². The van der Waals surface area contributed by atoms with Gasteiger partial charge in [-0.15, -0.1) is 0 Å². The summed E-state index contributed by atoms with van der Waals surface area (Å²) in [7, 11) is 1.65. The van der Waals surface area contributed by atoms with Crippen molar-refractivity contribution in [1.82, 2.24) is 24.8 Å². The van der Waals surface area contributed by atoms with Crippen molar-refractivity contribution in [1.29, 1.82) is 0 Å². The van der Waals surface area contributed by atoms with E-state index in [4.69, 9.17) is 13.7 Å². The molecule has 0 spiro atoms. The Bertz CT molecular complexity index is 1270. The normalized spacial score (nSPS) is 16.1. The number of likely N-dealkylation sites (tertiary alicyclic amines) is 1. The molecular weight excluding hydrogens is 434 g/mol. The number of methoxy groups -OCH3 is 1. The highest BCUT2D eigenvalue weighted by Gasteiger charge is 2.30. The van der Waals surface area contributed by atoms with Gasteiger partial charge in [-0.3, -0.25) is 9.48 Å². The van der Waals surface area contributed by atoms with Crippen LogP contribution in [0.4, 0.5) is 0 Å². The number of benzene rings is 1. The number of piperidine rings is 1. The quantitative estimate of drug-likeness (QED) is 0.407. The first-order valence-corrected chi connectivity index (χ1v) is 11.5. The fraction of sp³-hybridized carbons (Fsp3) is 0.360. The van der Waals surface area contributed by atoms with Gasteiger partial charge in [0, 0.05) is 43.9 Å². The molecular formula is C25H27N5O4. The maximum atomic E-state index is 13.1. The smallest absolute Gasteiger partial charge is 0.292 e. The van der Waals surface area contributed by atoms with E-state index in [0.29, 0.717) is 31.1 Å². The maximum absolute atomic E-state index is 13.1. The molecule has 3 aromatic heterocycles. The van der Waals surface area contributed by atoms with E-state index in [1.807, 2.05) is 37.4 Å². The lowest BCUT2D eigenvalue weighted by Crippen LogP contribution is -2.39. The minimum absolute atomic E-state index is 0.0435. The topological polar surface area (TPSA) is 99.4 Å². The Kier molecular flexibility index (Phi) is 6.16. The second-order valence-corrected chi connectivity index (χ2v) is 8.44. The average molecular weight is 462 g/mol. The molecule has 0 bridgehead atoms. The molecule has 0 radical (unpaired) electrons. The molecule has 4 aromatic rings. The summed E-state index contributed by atoms with van der Waals surface area (Å²) in [5, 5.41) is 8.32. The lowest BCUT2D eigenvalue weighted by atomic mass is 9.98. The van der Waals surface area contributed by atoms with E-state index >= 15 is 0 Å². The van der Waals surface area contributed by atoms with Crippen molar-refractivity contribution in [2.75, 3.05) is 20.2 Å². The van der Waals surface area contributed by atoms with E-state index in [0.717, 1.165) is 42.0 Å². The average Bonchev–Trinajstić information content (AvgIpc) is 3.64. The van der Waals surface area contributed by atoms with Gasteiger partial charge in [-0.1, -0.05) is 17.3 Å². The van der Waals surface area contributed by atoms with Crippen LogP contribution in [-0.2, 0) is 13.0 Å². The Morgan fingerprint density at radius 1 is 1.26 bits per heavy atom. The molecule has 9 nitrogen and oxygen atoms in total. The summed E-state index contributed by atoms with van der Waals surface area (Å²) in [5.74, 6) is 2.37. The molecule has 34 heavy (non-hydrogen) atoms. The standard InChI is InChI=1S/C25H27N5O4/c1-3-30-16-19(13-27-30)22-12-23(34-28-22)25(31)29-9-5-7-18(15-29)24-26-14-21(33-24)11-17-6-4-8-20(10-17)32-2/h4,6,8,10,12-14,16,18H,3,5,7,9,11,15H2,1-2H3/t18-/m0/s1. The highest BCUT2D eigenvalue weighted by molar-refractivity contribution is 5.92. The van der Waals surface area contributed by atoms with Gasteiger partial charge in [0.1, 0.15) is 17.2 Å². The number of carbonyl (C=O) groups excluding carboxylic acids is 1. The minimum Gasteiger partial charge on any atom is -0.497 e. The van der Waals surface area contributed by atoms with Crippen molar-refractivity contribution < 1.29 is 18.5 Å². The van der Waals surface area contributed by atoms with E-state index in [2.05, 4.69) is 15.2 Å². The van der Waals surface area contributed by atoms with E-state index < -0.39 is 0 Å². The number of hydrogen-bond donors (Lipinski definition) is 0. The zero-order valence-electron chi connectivity index (χ0n) is 19.3. The molecule has 1 aromatic carbocycles. The van der Waals surface area contributed by atoms with Gasteiger partial charge in [-0.2, -0.15) is 5.10 Å². The SMILES string of the molecule is CCn1cc(-c2cc(C(=O)N3CCC[C@H](c4ncc(Cc5cccc(OC)c5)o4)C3)on2)cn1. The number of carbonyl (C=O) groups is 1. The largest absolute Gasteiger partial charge is 0.497 e. The molecule has 1 fully saturated rings. The van der Waals surface area contributed by atoms with Gasteiger partial charge in [-0.05, 0) is 37.5 Å². The third kappa shape index (κ3) is 4.59. The Balaban J connectivity index is 1.25. The molecule has 4 heterocycles. The first-order chi connectivity index (χ1) is 16.6. The van der Waals surface area contributed by atoms with Gasteiger partial charge in [0.15, 0.2) is 5.89 Å². The summed E-state index contributed by atoms with van der Waals surface area (Å²) < 4.78 is 18.6. The fourth-order valence-corrected chi connectivity index (χ4v) is 4.28. The Labute approximate surface area is 197 Å². The lowest BCUT2D eigenvalue weighted by molar-refractivity contribution is 0.0656. The third-order valence-corrected chi connectivity index (χ3v) is 6.12. The lowest BCUT2D eigenvalue weighted by Gasteiger charge is -2.30. The van der Waals surface area contributed by atoms with E-state index in [1.54, 1.807) is 35.2 Å². The van der Waals surface area contributed by atoms with Crippen LogP contribution >= 0.6 is 0 Å². The molecule has 5 rings (SSSR count). The van der Waals surface area contributed by atoms with Crippen LogP contribution in [0.1, 0.15) is 53.5 Å². The molecule has 1 saturated heterocycles. The summed E-state index contributed by atoms with van der Waals surface area (Å²) in [6.07, 6.45) is 7.80. The number of rotatable bonds is 7. The van der Waals surface area contributed by atoms with E-state index in [9.17, 15) is 4.79 Å². The molecule has 1 atom stereocenters. The van der Waals surface area contributed by atoms with Crippen LogP contribution in [0.2, 0.25) is 0 Å². The van der Waals surface area contributed by atoms with E-state index in [1.165, 1.54) is 0 Å². The van der Waals surface area contributed by atoms with Crippen LogP contribution in [0.15, 0.2) is 57.9 Å². The Hall–Kier alpha value is -3.88. The van der Waals surface area contributed by atoms with Crippen LogP contribution in [0.3, 0.4) is 0 Å². The number of hydrogen-bond acceptors (Lipinski definition) is 7.